The van der Waals surface area contributed by atoms with Crippen LogP contribution in [0, 0.1) is 0 Å². The van der Waals surface area contributed by atoms with Crippen molar-refractivity contribution in [3.8, 4) is 5.69 Å². The number of aromatic nitrogens is 2. The molecule has 2 rings (SSSR count). The fraction of sp³-hybridized carbons (Fsp3) is 0.400. The SMILES string of the molecule is COCCC(C)NCc1cnn(-c2ccccc2)c1. The van der Waals surface area contributed by atoms with E-state index in [4.69, 9.17) is 4.74 Å². The molecule has 4 nitrogen and oxygen atoms in total. The van der Waals surface area contributed by atoms with E-state index in [1.54, 1.807) is 7.11 Å². The summed E-state index contributed by atoms with van der Waals surface area (Å²) in [6.07, 6.45) is 4.98. The Kier molecular flexibility index (Phi) is 5.12. The van der Waals surface area contributed by atoms with Crippen LogP contribution in [0.4, 0.5) is 0 Å². The maximum Gasteiger partial charge on any atom is 0.0645 e. The van der Waals surface area contributed by atoms with E-state index in [1.807, 2.05) is 41.2 Å². The highest BCUT2D eigenvalue weighted by molar-refractivity contribution is 5.30. The minimum absolute atomic E-state index is 0.444. The van der Waals surface area contributed by atoms with Gasteiger partial charge in [0.25, 0.3) is 0 Å². The molecule has 0 bridgehead atoms. The van der Waals surface area contributed by atoms with Crippen molar-refractivity contribution in [2.24, 2.45) is 0 Å². The van der Waals surface area contributed by atoms with Gasteiger partial charge < -0.3 is 10.1 Å². The summed E-state index contributed by atoms with van der Waals surface area (Å²) in [5.41, 5.74) is 2.27. The summed E-state index contributed by atoms with van der Waals surface area (Å²) in [4.78, 5) is 0. The Hall–Kier alpha value is -1.65. The molecular formula is C15H21N3O. The molecule has 4 heteroatoms. The zero-order chi connectivity index (χ0) is 13.5. The van der Waals surface area contributed by atoms with Gasteiger partial charge in [-0.05, 0) is 25.5 Å². The van der Waals surface area contributed by atoms with Crippen LogP contribution in [0.3, 0.4) is 0 Å². The number of hydrogen-bond donors (Lipinski definition) is 1. The highest BCUT2D eigenvalue weighted by Gasteiger charge is 2.03. The van der Waals surface area contributed by atoms with Crippen LogP contribution < -0.4 is 5.32 Å². The summed E-state index contributed by atoms with van der Waals surface area (Å²) in [7, 11) is 1.73. The Labute approximate surface area is 114 Å². The van der Waals surface area contributed by atoms with Crippen molar-refractivity contribution >= 4 is 0 Å². The van der Waals surface area contributed by atoms with Gasteiger partial charge in [-0.2, -0.15) is 5.10 Å². The van der Waals surface area contributed by atoms with Crippen molar-refractivity contribution in [2.75, 3.05) is 13.7 Å². The van der Waals surface area contributed by atoms with Gasteiger partial charge in [-0.25, -0.2) is 4.68 Å². The topological polar surface area (TPSA) is 39.1 Å². The minimum atomic E-state index is 0.444. The second-order valence-corrected chi connectivity index (χ2v) is 4.69. The van der Waals surface area contributed by atoms with Gasteiger partial charge in [0.1, 0.15) is 0 Å². The highest BCUT2D eigenvalue weighted by Crippen LogP contribution is 2.07. The molecule has 0 spiro atoms. The molecule has 1 aromatic carbocycles. The molecular weight excluding hydrogens is 238 g/mol. The molecule has 0 saturated heterocycles. The van der Waals surface area contributed by atoms with Crippen molar-refractivity contribution < 1.29 is 4.74 Å². The molecule has 1 atom stereocenters. The predicted octanol–water partition coefficient (Wildman–Crippen LogP) is 2.39. The fourth-order valence-electron chi connectivity index (χ4n) is 1.86. The smallest absolute Gasteiger partial charge is 0.0645 e. The first kappa shape index (κ1) is 13.8. The van der Waals surface area contributed by atoms with Crippen LogP contribution >= 0.6 is 0 Å². The van der Waals surface area contributed by atoms with Crippen LogP contribution in [0.2, 0.25) is 0 Å². The number of nitrogens with zero attached hydrogens (tertiary/aromatic N) is 2. The monoisotopic (exact) mass is 259 g/mol. The predicted molar refractivity (Wildman–Crippen MR) is 76.4 cm³/mol. The van der Waals surface area contributed by atoms with Gasteiger partial charge in [-0.1, -0.05) is 18.2 Å². The Morgan fingerprint density at radius 2 is 2.11 bits per heavy atom. The molecule has 1 heterocycles. The first-order chi connectivity index (χ1) is 9.29. The third kappa shape index (κ3) is 4.19. The summed E-state index contributed by atoms with van der Waals surface area (Å²) in [5, 5.41) is 7.84. The third-order valence-corrected chi connectivity index (χ3v) is 3.07. The molecule has 0 fully saturated rings. The van der Waals surface area contributed by atoms with Crippen molar-refractivity contribution in [1.29, 1.82) is 0 Å². The van der Waals surface area contributed by atoms with E-state index in [1.165, 1.54) is 5.56 Å². The number of ether oxygens (including phenoxy) is 1. The van der Waals surface area contributed by atoms with E-state index in [0.717, 1.165) is 25.3 Å². The van der Waals surface area contributed by atoms with Gasteiger partial charge in [0.05, 0.1) is 11.9 Å². The van der Waals surface area contributed by atoms with Crippen molar-refractivity contribution in [1.82, 2.24) is 15.1 Å². The summed E-state index contributed by atoms with van der Waals surface area (Å²) < 4.78 is 6.97. The molecule has 0 aliphatic rings. The Bertz CT molecular complexity index is 481. The van der Waals surface area contributed by atoms with Gasteiger partial charge in [-0.15, -0.1) is 0 Å². The number of rotatable bonds is 7. The van der Waals surface area contributed by atoms with Crippen molar-refractivity contribution in [3.05, 3.63) is 48.3 Å². The van der Waals surface area contributed by atoms with Gasteiger partial charge in [0, 0.05) is 38.1 Å². The molecule has 1 aromatic heterocycles. The second-order valence-electron chi connectivity index (χ2n) is 4.69. The van der Waals surface area contributed by atoms with Crippen LogP contribution in [0.25, 0.3) is 5.69 Å². The van der Waals surface area contributed by atoms with E-state index >= 15 is 0 Å². The quantitative estimate of drug-likeness (QED) is 0.830. The van der Waals surface area contributed by atoms with Gasteiger partial charge in [0.2, 0.25) is 0 Å². The zero-order valence-electron chi connectivity index (χ0n) is 11.5. The van der Waals surface area contributed by atoms with Crippen LogP contribution in [0.1, 0.15) is 18.9 Å². The Balaban J connectivity index is 1.88. The van der Waals surface area contributed by atoms with Crippen molar-refractivity contribution in [3.63, 3.8) is 0 Å². The molecule has 0 radical (unpaired) electrons. The van der Waals surface area contributed by atoms with E-state index in [-0.39, 0.29) is 0 Å². The van der Waals surface area contributed by atoms with E-state index in [9.17, 15) is 0 Å². The van der Waals surface area contributed by atoms with Crippen LogP contribution in [-0.2, 0) is 11.3 Å². The Morgan fingerprint density at radius 3 is 2.84 bits per heavy atom. The summed E-state index contributed by atoms with van der Waals surface area (Å²) in [5.74, 6) is 0. The number of benzene rings is 1. The first-order valence-electron chi connectivity index (χ1n) is 6.61. The normalized spacial score (nSPS) is 12.5. The van der Waals surface area contributed by atoms with E-state index < -0.39 is 0 Å². The molecule has 1 unspecified atom stereocenters. The lowest BCUT2D eigenvalue weighted by Gasteiger charge is -2.11. The first-order valence-corrected chi connectivity index (χ1v) is 6.61. The molecule has 0 amide bonds. The number of para-hydroxylation sites is 1. The minimum Gasteiger partial charge on any atom is -0.385 e. The maximum atomic E-state index is 5.07. The number of nitrogens with one attached hydrogen (secondary N) is 1. The molecule has 0 aliphatic carbocycles. The summed E-state index contributed by atoms with van der Waals surface area (Å²) >= 11 is 0. The van der Waals surface area contributed by atoms with Crippen LogP contribution in [-0.4, -0.2) is 29.5 Å². The summed E-state index contributed by atoms with van der Waals surface area (Å²) in [6.45, 7) is 3.79. The number of hydrogen-bond acceptors (Lipinski definition) is 3. The highest BCUT2D eigenvalue weighted by atomic mass is 16.5. The molecule has 0 saturated carbocycles. The average Bonchev–Trinajstić information content (AvgIpc) is 2.93. The standard InChI is InChI=1S/C15H21N3O/c1-13(8-9-19-2)16-10-14-11-17-18(12-14)15-6-4-3-5-7-15/h3-7,11-13,16H,8-10H2,1-2H3. The number of methoxy groups -OCH3 is 1. The lowest BCUT2D eigenvalue weighted by Crippen LogP contribution is -2.26. The fourth-order valence-corrected chi connectivity index (χ4v) is 1.86. The Morgan fingerprint density at radius 1 is 1.32 bits per heavy atom. The second kappa shape index (κ2) is 7.07. The molecule has 2 aromatic rings. The molecule has 19 heavy (non-hydrogen) atoms. The van der Waals surface area contributed by atoms with Crippen molar-refractivity contribution in [2.45, 2.75) is 25.9 Å². The molecule has 1 N–H and O–H groups in total. The lowest BCUT2D eigenvalue weighted by atomic mass is 10.2. The van der Waals surface area contributed by atoms with Gasteiger partial charge >= 0.3 is 0 Å². The van der Waals surface area contributed by atoms with Crippen LogP contribution in [0.15, 0.2) is 42.7 Å². The van der Waals surface area contributed by atoms with Gasteiger partial charge in [0.15, 0.2) is 0 Å². The van der Waals surface area contributed by atoms with Crippen LogP contribution in [0.5, 0.6) is 0 Å². The summed E-state index contributed by atoms with van der Waals surface area (Å²) in [6, 6.07) is 10.6. The largest absolute Gasteiger partial charge is 0.385 e. The van der Waals surface area contributed by atoms with E-state index in [0.29, 0.717) is 6.04 Å². The maximum absolute atomic E-state index is 5.07. The van der Waals surface area contributed by atoms with Gasteiger partial charge in [-0.3, -0.25) is 0 Å². The van der Waals surface area contributed by atoms with E-state index in [2.05, 4.69) is 23.5 Å². The lowest BCUT2D eigenvalue weighted by molar-refractivity contribution is 0.184. The third-order valence-electron chi connectivity index (χ3n) is 3.07. The zero-order valence-corrected chi connectivity index (χ0v) is 11.5. The average molecular weight is 259 g/mol. The molecule has 0 aliphatic heterocycles. The molecule has 102 valence electrons.